The van der Waals surface area contributed by atoms with Gasteiger partial charge in [0.2, 0.25) is 0 Å². The molecular formula is C12H22O2. The van der Waals surface area contributed by atoms with Gasteiger partial charge < -0.3 is 4.74 Å². The molecule has 3 atom stereocenters. The van der Waals surface area contributed by atoms with E-state index in [1.54, 1.807) is 0 Å². The molecule has 3 unspecified atom stereocenters. The molecule has 0 aromatic rings. The van der Waals surface area contributed by atoms with E-state index >= 15 is 0 Å². The maximum atomic E-state index is 10.9. The summed E-state index contributed by atoms with van der Waals surface area (Å²) in [5, 5.41) is 0. The van der Waals surface area contributed by atoms with Gasteiger partial charge in [0.15, 0.2) is 0 Å². The van der Waals surface area contributed by atoms with E-state index in [1.807, 2.05) is 0 Å². The Bertz CT molecular complexity index is 198. The predicted octanol–water partition coefficient (Wildman–Crippen LogP) is 3.01. The van der Waals surface area contributed by atoms with Gasteiger partial charge in [0, 0.05) is 6.92 Å². The quantitative estimate of drug-likeness (QED) is 0.637. The van der Waals surface area contributed by atoms with Crippen LogP contribution in [0.25, 0.3) is 0 Å². The van der Waals surface area contributed by atoms with Gasteiger partial charge in [0.05, 0.1) is 0 Å². The highest BCUT2D eigenvalue weighted by Crippen LogP contribution is 2.34. The fraction of sp³-hybridized carbons (Fsp3) is 0.917. The first kappa shape index (κ1) is 11.5. The average molecular weight is 198 g/mol. The molecule has 14 heavy (non-hydrogen) atoms. The maximum Gasteiger partial charge on any atom is 0.302 e. The minimum absolute atomic E-state index is 0.133. The van der Waals surface area contributed by atoms with Gasteiger partial charge in [0.25, 0.3) is 0 Å². The molecule has 0 amide bonds. The van der Waals surface area contributed by atoms with Crippen LogP contribution in [0.4, 0.5) is 0 Å². The van der Waals surface area contributed by atoms with Crippen molar-refractivity contribution in [3.8, 4) is 0 Å². The number of ether oxygens (including phenoxy) is 1. The summed E-state index contributed by atoms with van der Waals surface area (Å²) in [4.78, 5) is 10.9. The van der Waals surface area contributed by atoms with Crippen LogP contribution in [-0.2, 0) is 9.53 Å². The van der Waals surface area contributed by atoms with Gasteiger partial charge in [0.1, 0.15) is 6.10 Å². The zero-order valence-corrected chi connectivity index (χ0v) is 9.75. The lowest BCUT2D eigenvalue weighted by Gasteiger charge is -2.35. The Labute approximate surface area is 87.0 Å². The summed E-state index contributed by atoms with van der Waals surface area (Å²) in [6, 6.07) is 0. The van der Waals surface area contributed by atoms with E-state index in [0.29, 0.717) is 11.8 Å². The number of rotatable bonds is 2. The van der Waals surface area contributed by atoms with Crippen molar-refractivity contribution in [2.75, 3.05) is 0 Å². The minimum atomic E-state index is -0.133. The Morgan fingerprint density at radius 1 is 1.36 bits per heavy atom. The van der Waals surface area contributed by atoms with Gasteiger partial charge in [-0.25, -0.2) is 0 Å². The zero-order valence-electron chi connectivity index (χ0n) is 9.75. The van der Waals surface area contributed by atoms with Crippen LogP contribution in [0, 0.1) is 17.8 Å². The van der Waals surface area contributed by atoms with Crippen molar-refractivity contribution in [1.29, 1.82) is 0 Å². The number of esters is 1. The first-order valence-corrected chi connectivity index (χ1v) is 5.68. The molecule has 0 aromatic heterocycles. The Kier molecular flexibility index (Phi) is 3.97. The Hall–Kier alpha value is -0.530. The van der Waals surface area contributed by atoms with Crippen LogP contribution < -0.4 is 0 Å². The molecule has 1 aliphatic rings. The molecule has 1 aliphatic carbocycles. The zero-order chi connectivity index (χ0) is 10.7. The number of carbonyl (C=O) groups is 1. The molecular weight excluding hydrogens is 176 g/mol. The van der Waals surface area contributed by atoms with E-state index in [-0.39, 0.29) is 12.1 Å². The van der Waals surface area contributed by atoms with E-state index in [9.17, 15) is 4.79 Å². The van der Waals surface area contributed by atoms with Crippen LogP contribution in [-0.4, -0.2) is 12.1 Å². The Morgan fingerprint density at radius 3 is 2.50 bits per heavy atom. The number of carbonyl (C=O) groups excluding carboxylic acids is 1. The lowest BCUT2D eigenvalue weighted by molar-refractivity contribution is -0.151. The maximum absolute atomic E-state index is 10.9. The summed E-state index contributed by atoms with van der Waals surface area (Å²) in [5.41, 5.74) is 0. The van der Waals surface area contributed by atoms with Gasteiger partial charge in [-0.05, 0) is 37.0 Å². The lowest BCUT2D eigenvalue weighted by atomic mass is 9.76. The van der Waals surface area contributed by atoms with E-state index in [1.165, 1.54) is 19.8 Å². The molecule has 0 N–H and O–H groups in total. The molecule has 0 spiro atoms. The van der Waals surface area contributed by atoms with E-state index in [2.05, 4.69) is 20.8 Å². The van der Waals surface area contributed by atoms with Crippen molar-refractivity contribution in [2.24, 2.45) is 17.8 Å². The third kappa shape index (κ3) is 3.00. The summed E-state index contributed by atoms with van der Waals surface area (Å²) in [5.74, 6) is 1.84. The van der Waals surface area contributed by atoms with Crippen molar-refractivity contribution >= 4 is 5.97 Å². The average Bonchev–Trinajstić information content (AvgIpc) is 2.07. The molecule has 1 saturated carbocycles. The molecule has 1 fully saturated rings. The van der Waals surface area contributed by atoms with E-state index in [0.717, 1.165) is 12.3 Å². The summed E-state index contributed by atoms with van der Waals surface area (Å²) in [7, 11) is 0. The molecule has 0 bridgehead atoms. The van der Waals surface area contributed by atoms with Crippen LogP contribution in [0.3, 0.4) is 0 Å². The fourth-order valence-corrected chi connectivity index (χ4v) is 2.29. The number of hydrogen-bond acceptors (Lipinski definition) is 2. The SMILES string of the molecule is CC(=O)OC1CC(C(C)C)CCC1C. The molecule has 0 heterocycles. The highest BCUT2D eigenvalue weighted by Gasteiger charge is 2.30. The lowest BCUT2D eigenvalue weighted by Crippen LogP contribution is -2.33. The second-order valence-electron chi connectivity index (χ2n) is 4.94. The second kappa shape index (κ2) is 4.81. The summed E-state index contributed by atoms with van der Waals surface area (Å²) < 4.78 is 5.34. The smallest absolute Gasteiger partial charge is 0.302 e. The first-order valence-electron chi connectivity index (χ1n) is 5.68. The van der Waals surface area contributed by atoms with Crippen LogP contribution in [0.5, 0.6) is 0 Å². The highest BCUT2D eigenvalue weighted by molar-refractivity contribution is 5.66. The largest absolute Gasteiger partial charge is 0.462 e. The van der Waals surface area contributed by atoms with E-state index < -0.39 is 0 Å². The third-order valence-corrected chi connectivity index (χ3v) is 3.42. The van der Waals surface area contributed by atoms with E-state index in [4.69, 9.17) is 4.74 Å². The van der Waals surface area contributed by atoms with Gasteiger partial charge in [-0.3, -0.25) is 4.79 Å². The van der Waals surface area contributed by atoms with Crippen LogP contribution in [0.1, 0.15) is 47.0 Å². The molecule has 0 aliphatic heterocycles. The molecule has 0 radical (unpaired) electrons. The molecule has 2 heteroatoms. The van der Waals surface area contributed by atoms with Crippen LogP contribution in [0.15, 0.2) is 0 Å². The summed E-state index contributed by atoms with van der Waals surface area (Å²) in [6.45, 7) is 8.20. The normalized spacial score (nSPS) is 33.1. The Balaban J connectivity index is 2.50. The van der Waals surface area contributed by atoms with Crippen molar-refractivity contribution in [1.82, 2.24) is 0 Å². The minimum Gasteiger partial charge on any atom is -0.462 e. The van der Waals surface area contributed by atoms with Crippen molar-refractivity contribution in [2.45, 2.75) is 53.1 Å². The molecule has 2 nitrogen and oxygen atoms in total. The monoisotopic (exact) mass is 198 g/mol. The van der Waals surface area contributed by atoms with Crippen molar-refractivity contribution in [3.05, 3.63) is 0 Å². The van der Waals surface area contributed by atoms with Crippen molar-refractivity contribution in [3.63, 3.8) is 0 Å². The standard InChI is InChI=1S/C12H22O2/c1-8(2)11-6-5-9(3)12(7-11)14-10(4)13/h8-9,11-12H,5-7H2,1-4H3. The topological polar surface area (TPSA) is 26.3 Å². The fourth-order valence-electron chi connectivity index (χ4n) is 2.29. The third-order valence-electron chi connectivity index (χ3n) is 3.42. The molecule has 0 aromatic carbocycles. The highest BCUT2D eigenvalue weighted by atomic mass is 16.5. The van der Waals surface area contributed by atoms with Gasteiger partial charge in [-0.1, -0.05) is 20.8 Å². The van der Waals surface area contributed by atoms with Gasteiger partial charge in [-0.2, -0.15) is 0 Å². The molecule has 82 valence electrons. The summed E-state index contributed by atoms with van der Waals surface area (Å²) >= 11 is 0. The van der Waals surface area contributed by atoms with Crippen molar-refractivity contribution < 1.29 is 9.53 Å². The van der Waals surface area contributed by atoms with Gasteiger partial charge >= 0.3 is 5.97 Å². The molecule has 1 rings (SSSR count). The predicted molar refractivity (Wildman–Crippen MR) is 56.9 cm³/mol. The first-order chi connectivity index (χ1) is 6.50. The second-order valence-corrected chi connectivity index (χ2v) is 4.94. The van der Waals surface area contributed by atoms with Crippen LogP contribution >= 0.6 is 0 Å². The number of hydrogen-bond donors (Lipinski definition) is 0. The molecule has 0 saturated heterocycles. The Morgan fingerprint density at radius 2 is 2.00 bits per heavy atom. The summed E-state index contributed by atoms with van der Waals surface area (Å²) in [6.07, 6.45) is 3.70. The van der Waals surface area contributed by atoms with Gasteiger partial charge in [-0.15, -0.1) is 0 Å². The van der Waals surface area contributed by atoms with Crippen LogP contribution in [0.2, 0.25) is 0 Å².